The predicted octanol–water partition coefficient (Wildman–Crippen LogP) is 5.03. The molecule has 3 aromatic rings. The Morgan fingerprint density at radius 2 is 1.97 bits per heavy atom. The molecule has 1 aliphatic carbocycles. The van der Waals surface area contributed by atoms with E-state index < -0.39 is 0 Å². The van der Waals surface area contributed by atoms with Crippen LogP contribution < -0.4 is 14.8 Å². The maximum Gasteiger partial charge on any atom is 0.260 e. The molecule has 8 nitrogen and oxygen atoms in total. The van der Waals surface area contributed by atoms with Crippen molar-refractivity contribution in [1.29, 1.82) is 0 Å². The quantitative estimate of drug-likeness (QED) is 0.422. The molecule has 2 aliphatic rings. The van der Waals surface area contributed by atoms with Crippen molar-refractivity contribution in [1.82, 2.24) is 9.88 Å². The summed E-state index contributed by atoms with van der Waals surface area (Å²) in [6.45, 7) is 1.58. The van der Waals surface area contributed by atoms with Crippen LogP contribution in [-0.2, 0) is 17.6 Å². The Bertz CT molecular complexity index is 1300. The fourth-order valence-corrected chi connectivity index (χ4v) is 5.95. The summed E-state index contributed by atoms with van der Waals surface area (Å²) in [4.78, 5) is 37.5. The Morgan fingerprint density at radius 1 is 1.14 bits per heavy atom. The van der Waals surface area contributed by atoms with E-state index in [0.717, 1.165) is 62.7 Å². The molecule has 2 amide bonds. The average Bonchev–Trinajstić information content (AvgIpc) is 3.59. The minimum atomic E-state index is -0.163. The molecule has 1 fully saturated rings. The second-order valence-electron chi connectivity index (χ2n) is 9.13. The molecule has 0 bridgehead atoms. The summed E-state index contributed by atoms with van der Waals surface area (Å²) in [6, 6.07) is 9.08. The number of carbonyl (C=O) groups excluding carboxylic acids is 2. The molecule has 37 heavy (non-hydrogen) atoms. The van der Waals surface area contributed by atoms with Crippen LogP contribution in [0.4, 0.5) is 10.7 Å². The van der Waals surface area contributed by atoms with E-state index in [0.29, 0.717) is 27.8 Å². The zero-order chi connectivity index (χ0) is 25.6. The van der Waals surface area contributed by atoms with Crippen molar-refractivity contribution in [2.75, 3.05) is 32.1 Å². The monoisotopic (exact) mass is 518 g/mol. The predicted molar refractivity (Wildman–Crippen MR) is 145 cm³/mol. The van der Waals surface area contributed by atoms with Crippen molar-refractivity contribution in [3.8, 4) is 11.5 Å². The number of amides is 2. The highest BCUT2D eigenvalue weighted by molar-refractivity contribution is 7.16. The van der Waals surface area contributed by atoms with Gasteiger partial charge in [0, 0.05) is 30.4 Å². The number of nitrogens with one attached hydrogen (secondary N) is 1. The van der Waals surface area contributed by atoms with Gasteiger partial charge in [-0.1, -0.05) is 0 Å². The number of methoxy groups -OCH3 is 1. The zero-order valence-electron chi connectivity index (χ0n) is 20.9. The van der Waals surface area contributed by atoms with E-state index in [-0.39, 0.29) is 18.4 Å². The smallest absolute Gasteiger partial charge is 0.260 e. The summed E-state index contributed by atoms with van der Waals surface area (Å²) in [7, 11) is 1.57. The first-order valence-electron chi connectivity index (χ1n) is 12.6. The largest absolute Gasteiger partial charge is 0.493 e. The molecule has 0 atom stereocenters. The average molecular weight is 519 g/mol. The van der Waals surface area contributed by atoms with Gasteiger partial charge in [0.25, 0.3) is 11.8 Å². The Hall–Kier alpha value is -3.72. The van der Waals surface area contributed by atoms with E-state index in [1.165, 1.54) is 4.88 Å². The molecule has 0 spiro atoms. The molecule has 3 heterocycles. The Kier molecular flexibility index (Phi) is 7.79. The molecule has 1 aliphatic heterocycles. The van der Waals surface area contributed by atoms with Crippen LogP contribution >= 0.6 is 11.3 Å². The standard InChI is InChI=1S/C28H30N4O4S/c1-35-23-15-19(10-11-22(23)36-18-25(33)32-13-4-5-14-32)16-30-28-26(21-8-2-3-9-24(21)37-28)27(34)31-20-7-6-12-29-17-20/h6-7,10-12,15-17H,2-5,8-9,13-14,18H2,1H3,(H,31,34). The number of carbonyl (C=O) groups is 2. The fraction of sp³-hybridized carbons (Fsp3) is 0.357. The third-order valence-corrected chi connectivity index (χ3v) is 7.83. The molecule has 192 valence electrons. The van der Waals surface area contributed by atoms with E-state index in [4.69, 9.17) is 14.5 Å². The van der Waals surface area contributed by atoms with E-state index in [1.807, 2.05) is 23.1 Å². The maximum atomic E-state index is 13.3. The molecule has 9 heteroatoms. The minimum Gasteiger partial charge on any atom is -0.493 e. The third-order valence-electron chi connectivity index (χ3n) is 6.63. The van der Waals surface area contributed by atoms with Gasteiger partial charge in [-0.15, -0.1) is 11.3 Å². The Labute approximate surface area is 220 Å². The summed E-state index contributed by atoms with van der Waals surface area (Å²) < 4.78 is 11.3. The van der Waals surface area contributed by atoms with Gasteiger partial charge >= 0.3 is 0 Å². The summed E-state index contributed by atoms with van der Waals surface area (Å²) in [5.74, 6) is 0.862. The lowest BCUT2D eigenvalue weighted by molar-refractivity contribution is -0.132. The number of fused-ring (bicyclic) bond motifs is 1. The number of aromatic nitrogens is 1. The summed E-state index contributed by atoms with van der Waals surface area (Å²) >= 11 is 1.58. The molecule has 0 radical (unpaired) electrons. The van der Waals surface area contributed by atoms with Crippen molar-refractivity contribution in [3.05, 3.63) is 64.3 Å². The van der Waals surface area contributed by atoms with Crippen LogP contribution in [0.1, 0.15) is 52.0 Å². The van der Waals surface area contributed by atoms with E-state index >= 15 is 0 Å². The summed E-state index contributed by atoms with van der Waals surface area (Å²) in [6.07, 6.45) is 11.2. The molecule has 0 saturated carbocycles. The van der Waals surface area contributed by atoms with Gasteiger partial charge in [0.1, 0.15) is 5.00 Å². The van der Waals surface area contributed by atoms with Gasteiger partial charge in [-0.05, 0) is 80.0 Å². The highest BCUT2D eigenvalue weighted by atomic mass is 32.1. The number of aliphatic imine (C=N–C) groups is 1. The van der Waals surface area contributed by atoms with Crippen LogP contribution in [0.5, 0.6) is 11.5 Å². The third kappa shape index (κ3) is 5.83. The SMILES string of the molecule is COc1cc(C=Nc2sc3c(c2C(=O)Nc2cccnc2)CCCC3)ccc1OCC(=O)N1CCCC1. The van der Waals surface area contributed by atoms with Gasteiger partial charge in [-0.3, -0.25) is 14.6 Å². The van der Waals surface area contributed by atoms with Crippen molar-refractivity contribution in [2.24, 2.45) is 4.99 Å². The Balaban J connectivity index is 1.34. The first-order valence-corrected chi connectivity index (χ1v) is 13.4. The lowest BCUT2D eigenvalue weighted by Gasteiger charge is -2.16. The number of hydrogen-bond donors (Lipinski definition) is 1. The van der Waals surface area contributed by atoms with Gasteiger partial charge in [-0.2, -0.15) is 0 Å². The molecule has 1 aromatic carbocycles. The van der Waals surface area contributed by atoms with E-state index in [1.54, 1.807) is 49.2 Å². The van der Waals surface area contributed by atoms with Crippen LogP contribution in [0.25, 0.3) is 0 Å². The number of benzene rings is 1. The molecule has 0 unspecified atom stereocenters. The Morgan fingerprint density at radius 3 is 2.76 bits per heavy atom. The minimum absolute atomic E-state index is 0.0102. The van der Waals surface area contributed by atoms with Crippen LogP contribution in [0, 0.1) is 0 Å². The molecule has 1 saturated heterocycles. The van der Waals surface area contributed by atoms with Crippen molar-refractivity contribution < 1.29 is 19.1 Å². The number of pyridine rings is 1. The number of rotatable bonds is 8. The molecule has 1 N–H and O–H groups in total. The lowest BCUT2D eigenvalue weighted by Crippen LogP contribution is -2.32. The number of likely N-dealkylation sites (tertiary alicyclic amines) is 1. The summed E-state index contributed by atoms with van der Waals surface area (Å²) in [5, 5.41) is 3.66. The van der Waals surface area contributed by atoms with Gasteiger partial charge < -0.3 is 19.7 Å². The van der Waals surface area contributed by atoms with E-state index in [2.05, 4.69) is 10.3 Å². The normalized spacial score (nSPS) is 15.0. The highest BCUT2D eigenvalue weighted by Crippen LogP contribution is 2.40. The second kappa shape index (κ2) is 11.6. The van der Waals surface area contributed by atoms with Gasteiger partial charge in [0.15, 0.2) is 18.1 Å². The van der Waals surface area contributed by atoms with Crippen LogP contribution in [0.3, 0.4) is 0 Å². The van der Waals surface area contributed by atoms with Gasteiger partial charge in [0.05, 0.1) is 24.6 Å². The van der Waals surface area contributed by atoms with E-state index in [9.17, 15) is 9.59 Å². The topological polar surface area (TPSA) is 93.1 Å². The molecular formula is C28H30N4O4S. The van der Waals surface area contributed by atoms with Gasteiger partial charge in [-0.25, -0.2) is 4.99 Å². The second-order valence-corrected chi connectivity index (χ2v) is 10.2. The number of nitrogens with zero attached hydrogens (tertiary/aromatic N) is 3. The molecule has 2 aromatic heterocycles. The molecular weight excluding hydrogens is 488 g/mol. The van der Waals surface area contributed by atoms with Crippen LogP contribution in [0.15, 0.2) is 47.7 Å². The number of aryl methyl sites for hydroxylation is 1. The number of thiophene rings is 1. The van der Waals surface area contributed by atoms with Crippen LogP contribution in [0.2, 0.25) is 0 Å². The zero-order valence-corrected chi connectivity index (χ0v) is 21.7. The van der Waals surface area contributed by atoms with Crippen molar-refractivity contribution in [3.63, 3.8) is 0 Å². The summed E-state index contributed by atoms with van der Waals surface area (Å²) in [5.41, 5.74) is 3.21. The first-order chi connectivity index (χ1) is 18.1. The molecule has 5 rings (SSSR count). The van der Waals surface area contributed by atoms with Crippen LogP contribution in [-0.4, -0.2) is 54.7 Å². The number of ether oxygens (including phenoxy) is 2. The number of hydrogen-bond acceptors (Lipinski definition) is 7. The highest BCUT2D eigenvalue weighted by Gasteiger charge is 2.25. The lowest BCUT2D eigenvalue weighted by atomic mass is 9.95. The van der Waals surface area contributed by atoms with Crippen molar-refractivity contribution >= 4 is 40.1 Å². The fourth-order valence-electron chi connectivity index (χ4n) is 4.72. The first kappa shape index (κ1) is 25.0. The number of anilines is 1. The maximum absolute atomic E-state index is 13.3. The van der Waals surface area contributed by atoms with Gasteiger partial charge in [0.2, 0.25) is 0 Å². The van der Waals surface area contributed by atoms with Crippen molar-refractivity contribution in [2.45, 2.75) is 38.5 Å².